The van der Waals surface area contributed by atoms with Gasteiger partial charge in [0.15, 0.2) is 5.96 Å². The number of alkyl carbamates (subject to hydrolysis) is 2. The van der Waals surface area contributed by atoms with Crippen molar-refractivity contribution < 1.29 is 82.6 Å². The summed E-state index contributed by atoms with van der Waals surface area (Å²) in [5.41, 5.74) is 17.2. The number of carbonyl (C=O) groups excluding carboxylic acids is 10. The average Bonchev–Trinajstić information content (AvgIpc) is 1.61. The predicted molar refractivity (Wildman–Crippen MR) is 366 cm³/mol. The molecule has 31 nitrogen and oxygen atoms in total. The second-order valence-corrected chi connectivity index (χ2v) is 25.1. The SMILES string of the molecule is CC[C@H](C)[C@H](NC(=O)[C@@H](CCCNC(=N)N)NC(=O)[C@H](CC(C)C)NC(=O)[C@@H](NC(=O)[C@@H](NC(=O)OCC1c2ccccc2-c2ccccc21)[C@H](N)c1ccccc1)[C@H](O)C(C)C)C(=O)N[C@H](C(=O)NCC(=O)N[C@@H](CCNC(=O)OCc1ccccc1)C(=O)N[C@@H](CO)C(=O)O)[C@H](C)O. The molecule has 0 unspecified atom stereocenters. The van der Waals surface area contributed by atoms with Gasteiger partial charge in [-0.2, -0.15) is 0 Å². The average molecular weight is 1390 g/mol. The molecular formula is C69H96N14O17. The maximum Gasteiger partial charge on any atom is 0.407 e. The molecule has 0 aliphatic heterocycles. The van der Waals surface area contributed by atoms with E-state index in [1.807, 2.05) is 48.5 Å². The van der Waals surface area contributed by atoms with Gasteiger partial charge in [-0.3, -0.25) is 43.8 Å². The van der Waals surface area contributed by atoms with E-state index in [4.69, 9.17) is 26.4 Å². The summed E-state index contributed by atoms with van der Waals surface area (Å²) >= 11 is 0. The maximum absolute atomic E-state index is 14.7. The maximum atomic E-state index is 14.7. The fourth-order valence-electron chi connectivity index (χ4n) is 10.9. The van der Waals surface area contributed by atoms with Gasteiger partial charge >= 0.3 is 18.2 Å². The Morgan fingerprint density at radius 1 is 0.540 bits per heavy atom. The third-order valence-electron chi connectivity index (χ3n) is 16.6. The van der Waals surface area contributed by atoms with Gasteiger partial charge in [-0.1, -0.05) is 157 Å². The number of carbonyl (C=O) groups is 11. The molecule has 4 aromatic carbocycles. The lowest BCUT2D eigenvalue weighted by Crippen LogP contribution is -2.63. The second kappa shape index (κ2) is 40.0. The van der Waals surface area contributed by atoms with Crippen molar-refractivity contribution in [3.05, 3.63) is 131 Å². The highest BCUT2D eigenvalue weighted by atomic mass is 16.6. The zero-order valence-corrected chi connectivity index (χ0v) is 57.1. The summed E-state index contributed by atoms with van der Waals surface area (Å²) in [7, 11) is 0. The van der Waals surface area contributed by atoms with E-state index in [1.165, 1.54) is 0 Å². The summed E-state index contributed by atoms with van der Waals surface area (Å²) in [4.78, 5) is 151. The highest BCUT2D eigenvalue weighted by Crippen LogP contribution is 2.44. The molecule has 0 radical (unpaired) electrons. The van der Waals surface area contributed by atoms with Crippen LogP contribution in [0.5, 0.6) is 0 Å². The molecule has 0 saturated heterocycles. The largest absolute Gasteiger partial charge is 0.480 e. The second-order valence-electron chi connectivity index (χ2n) is 25.1. The Kier molecular flexibility index (Phi) is 32.2. The van der Waals surface area contributed by atoms with Gasteiger partial charge in [0, 0.05) is 19.0 Å². The van der Waals surface area contributed by atoms with Gasteiger partial charge in [0.2, 0.25) is 47.3 Å². The molecule has 0 spiro atoms. The molecule has 20 N–H and O–H groups in total. The van der Waals surface area contributed by atoms with E-state index in [0.717, 1.165) is 29.2 Å². The number of guanidine groups is 1. The Labute approximate surface area is 580 Å². The van der Waals surface area contributed by atoms with Gasteiger partial charge < -0.3 is 99.9 Å². The summed E-state index contributed by atoms with van der Waals surface area (Å²) in [6.45, 7) is 8.72. The van der Waals surface area contributed by atoms with Crippen molar-refractivity contribution in [2.75, 3.05) is 32.8 Å². The van der Waals surface area contributed by atoms with Crippen LogP contribution >= 0.6 is 0 Å². The quantitative estimate of drug-likeness (QED) is 0.0162. The number of fused-ring (bicyclic) bond motifs is 3. The number of nitrogens with one attached hydrogen (secondary N) is 12. The minimum atomic E-state index is -1.80. The van der Waals surface area contributed by atoms with Crippen molar-refractivity contribution in [3.63, 3.8) is 0 Å². The summed E-state index contributed by atoms with van der Waals surface area (Å²) in [6, 6.07) is 18.3. The highest BCUT2D eigenvalue weighted by Gasteiger charge is 2.40. The molecule has 5 rings (SSSR count). The lowest BCUT2D eigenvalue weighted by Gasteiger charge is -2.32. The van der Waals surface area contributed by atoms with E-state index in [2.05, 4.69) is 58.5 Å². The molecule has 31 heteroatoms. The lowest BCUT2D eigenvalue weighted by atomic mass is 9.95. The standard InChI is InChI=1S/C69H96N14O17/c1-8-39(6)54(63(92)81-55(40(7)85)62(91)75-33-52(86)76-49(59(88)79-51(34-84)66(95)96)29-31-74-68(97)99-35-41-20-11-9-12-21-41)80-60(89)48(28-19-30-73-67(71)72)77-61(90)50(32-37(2)3)78-65(94)57(58(87)38(4)5)82-64(93)56(53(70)42-22-13-10-14-23-42)83-69(98)100-36-47-45-26-17-15-24-43(45)44-25-16-18-27-46(44)47/h9-18,20-27,37-40,47-51,53-58,84-85,87H,8,19,28-36,70H2,1-7H3,(H,74,97)(H,75,91)(H,76,86)(H,77,90)(H,78,94)(H,79,88)(H,80,89)(H,81,92)(H,82,93)(H,83,98)(H,95,96)(H4,71,72,73)/t39-,40-,48+,49-,50-,51-,53+,54-,55-,56-,57-,58+/m0/s1. The van der Waals surface area contributed by atoms with Crippen LogP contribution in [0.2, 0.25) is 0 Å². The van der Waals surface area contributed by atoms with E-state index in [9.17, 15) is 73.2 Å². The summed E-state index contributed by atoms with van der Waals surface area (Å²) in [5, 5.41) is 76.4. The van der Waals surface area contributed by atoms with E-state index in [1.54, 1.807) is 102 Å². The molecule has 0 fully saturated rings. The van der Waals surface area contributed by atoms with Gasteiger partial charge in [0.05, 0.1) is 31.4 Å². The van der Waals surface area contributed by atoms with Crippen LogP contribution in [0.1, 0.15) is 115 Å². The Morgan fingerprint density at radius 3 is 1.63 bits per heavy atom. The molecule has 4 aromatic rings. The molecule has 12 atom stereocenters. The van der Waals surface area contributed by atoms with Crippen LogP contribution < -0.4 is 70.0 Å². The van der Waals surface area contributed by atoms with Crippen LogP contribution in [-0.2, 0) is 59.2 Å². The first-order valence-corrected chi connectivity index (χ1v) is 33.1. The smallest absolute Gasteiger partial charge is 0.407 e. The van der Waals surface area contributed by atoms with Crippen molar-refractivity contribution in [1.82, 2.24) is 58.5 Å². The minimum Gasteiger partial charge on any atom is -0.480 e. The Bertz CT molecular complexity index is 3390. The zero-order chi connectivity index (χ0) is 73.8. The van der Waals surface area contributed by atoms with Crippen molar-refractivity contribution in [3.8, 4) is 11.1 Å². The number of amides is 10. The van der Waals surface area contributed by atoms with E-state index in [0.29, 0.717) is 11.1 Å². The Balaban J connectivity index is 1.30. The highest BCUT2D eigenvalue weighted by molar-refractivity contribution is 5.98. The number of aliphatic hydroxyl groups is 3. The van der Waals surface area contributed by atoms with Crippen LogP contribution in [0.15, 0.2) is 109 Å². The molecule has 0 bridgehead atoms. The van der Waals surface area contributed by atoms with Gasteiger partial charge in [0.1, 0.15) is 61.5 Å². The fourth-order valence-corrected chi connectivity index (χ4v) is 10.9. The number of ether oxygens (including phenoxy) is 2. The number of aliphatic hydroxyl groups excluding tert-OH is 3. The van der Waals surface area contributed by atoms with Crippen LogP contribution in [-0.4, -0.2) is 185 Å². The summed E-state index contributed by atoms with van der Waals surface area (Å²) in [6.07, 6.45) is -5.41. The van der Waals surface area contributed by atoms with Crippen molar-refractivity contribution in [2.24, 2.45) is 29.2 Å². The van der Waals surface area contributed by atoms with E-state index < -0.39 is 163 Å². The monoisotopic (exact) mass is 1390 g/mol. The fraction of sp³-hybridized carbons (Fsp3) is 0.478. The summed E-state index contributed by atoms with van der Waals surface area (Å²) < 4.78 is 11.0. The van der Waals surface area contributed by atoms with Crippen LogP contribution in [0.4, 0.5) is 9.59 Å². The zero-order valence-electron chi connectivity index (χ0n) is 57.1. The number of benzene rings is 4. The molecular weight excluding hydrogens is 1300 g/mol. The van der Waals surface area contributed by atoms with Crippen LogP contribution in [0, 0.1) is 23.2 Å². The van der Waals surface area contributed by atoms with Crippen LogP contribution in [0.3, 0.4) is 0 Å². The van der Waals surface area contributed by atoms with Crippen LogP contribution in [0.25, 0.3) is 11.1 Å². The Morgan fingerprint density at radius 2 is 1.06 bits per heavy atom. The molecule has 0 saturated carbocycles. The molecule has 1 aliphatic rings. The summed E-state index contributed by atoms with van der Waals surface area (Å²) in [5.74, 6) is -12.2. The number of rotatable bonds is 39. The molecule has 10 amide bonds. The Hall–Kier alpha value is -10.2. The van der Waals surface area contributed by atoms with Crippen molar-refractivity contribution in [1.29, 1.82) is 5.41 Å². The third-order valence-corrected chi connectivity index (χ3v) is 16.6. The molecule has 544 valence electrons. The first-order valence-electron chi connectivity index (χ1n) is 33.1. The van der Waals surface area contributed by atoms with Gasteiger partial charge in [0.25, 0.3) is 0 Å². The molecule has 100 heavy (non-hydrogen) atoms. The molecule has 1 aliphatic carbocycles. The molecule has 0 heterocycles. The number of aliphatic carboxylic acids is 1. The number of carboxylic acid groups (broad SMARTS) is 1. The number of hydrogen-bond donors (Lipinski definition) is 18. The van der Waals surface area contributed by atoms with Gasteiger partial charge in [-0.15, -0.1) is 0 Å². The first kappa shape index (κ1) is 80.4. The number of hydrogen-bond acceptors (Lipinski definition) is 18. The number of nitrogens with two attached hydrogens (primary N) is 2. The van der Waals surface area contributed by atoms with Crippen molar-refractivity contribution in [2.45, 2.75) is 160 Å². The molecule has 0 aromatic heterocycles. The van der Waals surface area contributed by atoms with Gasteiger partial charge in [-0.05, 0) is 83.7 Å². The number of carboxylic acids is 1. The van der Waals surface area contributed by atoms with Gasteiger partial charge in [-0.25, -0.2) is 14.4 Å². The topological polar surface area (TPSA) is 495 Å². The van der Waals surface area contributed by atoms with Crippen molar-refractivity contribution >= 4 is 71.4 Å². The first-order chi connectivity index (χ1) is 47.5. The van der Waals surface area contributed by atoms with E-state index in [-0.39, 0.29) is 70.2 Å². The minimum absolute atomic E-state index is 0.0329. The predicted octanol–water partition coefficient (Wildman–Crippen LogP) is 0.250. The van der Waals surface area contributed by atoms with E-state index >= 15 is 0 Å². The third kappa shape index (κ3) is 24.6. The normalized spacial score (nSPS) is 15.2. The lowest BCUT2D eigenvalue weighted by molar-refractivity contribution is -0.143.